The van der Waals surface area contributed by atoms with E-state index in [4.69, 9.17) is 9.15 Å². The zero-order valence-electron chi connectivity index (χ0n) is 15.8. The van der Waals surface area contributed by atoms with Gasteiger partial charge in [0, 0.05) is 38.4 Å². The summed E-state index contributed by atoms with van der Waals surface area (Å²) in [6.07, 6.45) is 2.56. The Morgan fingerprint density at radius 3 is 2.64 bits per heavy atom. The molecule has 0 atom stereocenters. The minimum Gasteiger partial charge on any atom is -0.419 e. The van der Waals surface area contributed by atoms with E-state index in [1.54, 1.807) is 24.3 Å². The van der Waals surface area contributed by atoms with Crippen LogP contribution >= 0.6 is 0 Å². The molecule has 3 rings (SSSR count). The summed E-state index contributed by atoms with van der Waals surface area (Å²) in [7, 11) is -3.46. The lowest BCUT2D eigenvalue weighted by Gasteiger charge is -2.15. The van der Waals surface area contributed by atoms with Gasteiger partial charge < -0.3 is 14.5 Å². The summed E-state index contributed by atoms with van der Waals surface area (Å²) in [6, 6.07) is 8.40. The number of aromatic nitrogens is 1. The molecule has 9 heteroatoms. The minimum atomic E-state index is -3.46. The number of benzene rings is 1. The van der Waals surface area contributed by atoms with Crippen molar-refractivity contribution < 1.29 is 17.6 Å². The average molecular weight is 404 g/mol. The summed E-state index contributed by atoms with van der Waals surface area (Å²) >= 11 is 0. The molecule has 1 N–H and O–H groups in total. The molecule has 0 unspecified atom stereocenters. The maximum atomic E-state index is 12.6. The van der Waals surface area contributed by atoms with Crippen LogP contribution in [0.15, 0.2) is 33.6 Å². The van der Waals surface area contributed by atoms with Crippen molar-refractivity contribution in [3.8, 4) is 17.5 Å². The second-order valence-electron chi connectivity index (χ2n) is 6.42. The number of ether oxygens (including phenoxy) is 1. The highest BCUT2D eigenvalue weighted by Crippen LogP contribution is 2.27. The van der Waals surface area contributed by atoms with E-state index in [1.165, 1.54) is 4.31 Å². The number of hydrogen-bond donors (Lipinski definition) is 1. The maximum Gasteiger partial charge on any atom is 0.243 e. The van der Waals surface area contributed by atoms with Gasteiger partial charge in [0.1, 0.15) is 6.07 Å². The molecule has 1 saturated heterocycles. The third-order valence-corrected chi connectivity index (χ3v) is 6.41. The number of sulfonamides is 1. The van der Waals surface area contributed by atoms with Gasteiger partial charge in [-0.1, -0.05) is 0 Å². The van der Waals surface area contributed by atoms with E-state index < -0.39 is 10.0 Å². The Bertz CT molecular complexity index is 926. The maximum absolute atomic E-state index is 12.6. The van der Waals surface area contributed by atoms with Gasteiger partial charge in [-0.25, -0.2) is 8.42 Å². The summed E-state index contributed by atoms with van der Waals surface area (Å²) < 4.78 is 37.7. The fraction of sp³-hybridized carbons (Fsp3) is 0.474. The predicted octanol–water partition coefficient (Wildman–Crippen LogP) is 2.84. The molecular formula is C19H24N4O4S. The molecule has 1 aromatic carbocycles. The zero-order chi connectivity index (χ0) is 20.0. The van der Waals surface area contributed by atoms with E-state index in [2.05, 4.69) is 10.3 Å². The number of hydrogen-bond acceptors (Lipinski definition) is 7. The van der Waals surface area contributed by atoms with E-state index in [0.717, 1.165) is 19.3 Å². The van der Waals surface area contributed by atoms with Crippen LogP contribution in [0, 0.1) is 11.3 Å². The minimum absolute atomic E-state index is 0.167. The number of rotatable bonds is 9. The lowest BCUT2D eigenvalue weighted by molar-refractivity contribution is 0.147. The summed E-state index contributed by atoms with van der Waals surface area (Å²) in [5, 5.41) is 12.3. The molecule has 28 heavy (non-hydrogen) atoms. The van der Waals surface area contributed by atoms with Crippen molar-refractivity contribution >= 4 is 15.9 Å². The number of oxazole rings is 1. The van der Waals surface area contributed by atoms with Crippen molar-refractivity contribution in [2.24, 2.45) is 0 Å². The number of nitriles is 1. The smallest absolute Gasteiger partial charge is 0.243 e. The normalized spacial score (nSPS) is 14.9. The molecule has 0 amide bonds. The van der Waals surface area contributed by atoms with Crippen LogP contribution in [0.5, 0.6) is 0 Å². The first-order valence-electron chi connectivity index (χ1n) is 9.39. The van der Waals surface area contributed by atoms with Crippen LogP contribution in [0.2, 0.25) is 0 Å². The van der Waals surface area contributed by atoms with E-state index in [9.17, 15) is 13.7 Å². The van der Waals surface area contributed by atoms with Crippen LogP contribution in [0.25, 0.3) is 11.5 Å². The highest BCUT2D eigenvalue weighted by atomic mass is 32.2. The highest BCUT2D eigenvalue weighted by Gasteiger charge is 2.27. The van der Waals surface area contributed by atoms with Gasteiger partial charge in [0.05, 0.1) is 4.90 Å². The molecule has 0 radical (unpaired) electrons. The Morgan fingerprint density at radius 2 is 2.00 bits per heavy atom. The Labute approximate surface area is 165 Å². The monoisotopic (exact) mass is 404 g/mol. The van der Waals surface area contributed by atoms with E-state index in [1.807, 2.05) is 13.0 Å². The lowest BCUT2D eigenvalue weighted by atomic mass is 10.2. The van der Waals surface area contributed by atoms with Crippen molar-refractivity contribution in [3.05, 3.63) is 30.0 Å². The Hall–Kier alpha value is -2.41. The molecule has 0 saturated carbocycles. The SMILES string of the molecule is CCOCCCNc1oc(-c2ccc(S(=O)(=O)N3CCCC3)cc2)nc1C#N. The molecule has 1 fully saturated rings. The quantitative estimate of drug-likeness (QED) is 0.640. The third kappa shape index (κ3) is 4.52. The van der Waals surface area contributed by atoms with Gasteiger partial charge in [-0.3, -0.25) is 0 Å². The van der Waals surface area contributed by atoms with Gasteiger partial charge in [-0.2, -0.15) is 14.6 Å². The molecule has 8 nitrogen and oxygen atoms in total. The van der Waals surface area contributed by atoms with Crippen LogP contribution in [-0.2, 0) is 14.8 Å². The molecule has 1 aliphatic rings. The second-order valence-corrected chi connectivity index (χ2v) is 8.36. The standard InChI is InChI=1S/C19H24N4O4S/c1-2-26-13-5-10-21-19-17(14-20)22-18(27-19)15-6-8-16(9-7-15)28(24,25)23-11-3-4-12-23/h6-9,21H,2-5,10-13H2,1H3. The van der Waals surface area contributed by atoms with Crippen molar-refractivity contribution in [1.82, 2.24) is 9.29 Å². The number of nitrogens with one attached hydrogen (secondary N) is 1. The molecule has 0 aliphatic carbocycles. The van der Waals surface area contributed by atoms with Crippen molar-refractivity contribution in [2.45, 2.75) is 31.1 Å². The average Bonchev–Trinajstić information content (AvgIpc) is 3.38. The fourth-order valence-electron chi connectivity index (χ4n) is 3.01. The zero-order valence-corrected chi connectivity index (χ0v) is 16.7. The molecule has 1 aromatic heterocycles. The summed E-state index contributed by atoms with van der Waals surface area (Å²) in [6.45, 7) is 4.95. The van der Waals surface area contributed by atoms with Gasteiger partial charge >= 0.3 is 0 Å². The molecule has 2 heterocycles. The van der Waals surface area contributed by atoms with Gasteiger partial charge in [0.2, 0.25) is 27.5 Å². The third-order valence-electron chi connectivity index (χ3n) is 4.49. The first-order chi connectivity index (χ1) is 13.6. The van der Waals surface area contributed by atoms with E-state index >= 15 is 0 Å². The first kappa shape index (κ1) is 20.3. The second kappa shape index (κ2) is 9.19. The highest BCUT2D eigenvalue weighted by molar-refractivity contribution is 7.89. The fourth-order valence-corrected chi connectivity index (χ4v) is 4.52. The van der Waals surface area contributed by atoms with Gasteiger partial charge in [-0.05, 0) is 50.5 Å². The summed E-state index contributed by atoms with van der Waals surface area (Å²) in [5.74, 6) is 0.580. The summed E-state index contributed by atoms with van der Waals surface area (Å²) in [5.41, 5.74) is 0.777. The Kier molecular flexibility index (Phi) is 6.67. The first-order valence-corrected chi connectivity index (χ1v) is 10.8. The topological polar surface area (TPSA) is 108 Å². The molecule has 0 spiro atoms. The van der Waals surface area contributed by atoms with Crippen LogP contribution in [0.3, 0.4) is 0 Å². The van der Waals surface area contributed by atoms with Crippen molar-refractivity contribution in [1.29, 1.82) is 5.26 Å². The Morgan fingerprint density at radius 1 is 1.29 bits per heavy atom. The van der Waals surface area contributed by atoms with E-state index in [0.29, 0.717) is 44.3 Å². The number of nitrogens with zero attached hydrogens (tertiary/aromatic N) is 3. The molecule has 150 valence electrons. The number of anilines is 1. The van der Waals surface area contributed by atoms with Crippen LogP contribution in [0.4, 0.5) is 5.88 Å². The van der Waals surface area contributed by atoms with Crippen molar-refractivity contribution in [2.75, 3.05) is 38.2 Å². The summed E-state index contributed by atoms with van der Waals surface area (Å²) in [4.78, 5) is 4.45. The van der Waals surface area contributed by atoms with Crippen LogP contribution in [-0.4, -0.2) is 50.6 Å². The van der Waals surface area contributed by atoms with Crippen molar-refractivity contribution in [3.63, 3.8) is 0 Å². The van der Waals surface area contributed by atoms with Gasteiger partial charge in [0.25, 0.3) is 0 Å². The van der Waals surface area contributed by atoms with Crippen LogP contribution in [0.1, 0.15) is 31.9 Å². The van der Waals surface area contributed by atoms with Gasteiger partial charge in [0.15, 0.2) is 0 Å². The van der Waals surface area contributed by atoms with E-state index in [-0.39, 0.29) is 16.5 Å². The lowest BCUT2D eigenvalue weighted by Crippen LogP contribution is -2.27. The molecule has 0 bridgehead atoms. The molecular weight excluding hydrogens is 380 g/mol. The Balaban J connectivity index is 1.72. The van der Waals surface area contributed by atoms with Gasteiger partial charge in [-0.15, -0.1) is 0 Å². The molecule has 1 aliphatic heterocycles. The largest absolute Gasteiger partial charge is 0.419 e. The molecule has 2 aromatic rings. The van der Waals surface area contributed by atoms with Crippen LogP contribution < -0.4 is 5.32 Å². The predicted molar refractivity (Wildman–Crippen MR) is 104 cm³/mol.